The summed E-state index contributed by atoms with van der Waals surface area (Å²) in [6, 6.07) is 0. The van der Waals surface area contributed by atoms with Gasteiger partial charge in [-0.15, -0.1) is 0 Å². The molecule has 0 heterocycles. The summed E-state index contributed by atoms with van der Waals surface area (Å²) >= 11 is 0. The molecule has 0 fully saturated rings. The molecule has 0 rings (SSSR count). The average molecular weight is 435 g/mol. The third-order valence-corrected chi connectivity index (χ3v) is 6.61. The maximum Gasteiger partial charge on any atom is 0.317 e. The Morgan fingerprint density at radius 2 is 1.00 bits per heavy atom. The van der Waals surface area contributed by atoms with Crippen molar-refractivity contribution in [1.29, 1.82) is 0 Å². The van der Waals surface area contributed by atoms with E-state index < -0.39 is 0 Å². The molecule has 0 bridgehead atoms. The summed E-state index contributed by atoms with van der Waals surface area (Å²) < 4.78 is 10.8. The van der Waals surface area contributed by atoms with E-state index in [9.17, 15) is 9.59 Å². The molecule has 0 saturated heterocycles. The molecule has 0 aliphatic carbocycles. The van der Waals surface area contributed by atoms with Gasteiger partial charge in [0, 0.05) is 0 Å². The lowest BCUT2D eigenvalue weighted by atomic mass is 10.1. The Morgan fingerprint density at radius 1 is 0.643 bits per heavy atom. The molecule has 2 atom stereocenters. The molecule has 166 valence electrons. The van der Waals surface area contributed by atoms with Crippen molar-refractivity contribution in [2.75, 3.05) is 11.5 Å². The van der Waals surface area contributed by atoms with Crippen molar-refractivity contribution in [2.45, 2.75) is 117 Å². The lowest BCUT2D eigenvalue weighted by Crippen LogP contribution is -2.17. The van der Waals surface area contributed by atoms with Crippen molar-refractivity contribution in [1.82, 2.24) is 0 Å². The first-order valence-electron chi connectivity index (χ1n) is 11.1. The minimum atomic E-state index is -0.202. The molecule has 28 heavy (non-hydrogen) atoms. The first-order valence-corrected chi connectivity index (χ1v) is 13.6. The predicted octanol–water partition coefficient (Wildman–Crippen LogP) is 6.95. The second-order valence-corrected chi connectivity index (χ2v) is 9.99. The topological polar surface area (TPSA) is 52.6 Å². The molecule has 0 N–H and O–H groups in total. The number of unbranched alkanes of at least 4 members (excludes halogenated alkanes) is 8. The van der Waals surface area contributed by atoms with E-state index in [1.54, 1.807) is 0 Å². The summed E-state index contributed by atoms with van der Waals surface area (Å²) in [4.78, 5) is 23.7. The minimum Gasteiger partial charge on any atom is -0.462 e. The number of carbonyl (C=O) groups is 2. The molecule has 0 aromatic heterocycles. The van der Waals surface area contributed by atoms with Gasteiger partial charge in [-0.05, 0) is 39.5 Å². The Labute approximate surface area is 181 Å². The molecular weight excluding hydrogens is 392 g/mol. The largest absolute Gasteiger partial charge is 0.462 e. The summed E-state index contributed by atoms with van der Waals surface area (Å²) in [6.07, 6.45) is 14.0. The van der Waals surface area contributed by atoms with E-state index in [0.29, 0.717) is 0 Å². The van der Waals surface area contributed by atoms with Crippen LogP contribution in [0, 0.1) is 0 Å². The second-order valence-electron chi connectivity index (χ2n) is 7.53. The molecule has 0 aromatic carbocycles. The number of rotatable bonds is 19. The Hall–Kier alpha value is -0.360. The molecule has 0 radical (unpaired) electrons. The lowest BCUT2D eigenvalue weighted by Gasteiger charge is -2.13. The van der Waals surface area contributed by atoms with Gasteiger partial charge in [0.25, 0.3) is 0 Å². The zero-order valence-corrected chi connectivity index (χ0v) is 20.1. The van der Waals surface area contributed by atoms with Crippen LogP contribution in [0.2, 0.25) is 0 Å². The van der Waals surface area contributed by atoms with Crippen molar-refractivity contribution in [2.24, 2.45) is 0 Å². The average Bonchev–Trinajstić information content (AvgIpc) is 2.65. The Morgan fingerprint density at radius 3 is 1.36 bits per heavy atom. The number of hydrogen-bond acceptors (Lipinski definition) is 6. The third kappa shape index (κ3) is 19.0. The first kappa shape index (κ1) is 27.6. The van der Waals surface area contributed by atoms with Gasteiger partial charge >= 0.3 is 11.9 Å². The standard InChI is InChI=1S/C22H42O4S2/c1-5-7-9-11-13-15-19(3)25-21(23)17-27-28-18-22(24)26-20(4)16-14-12-10-8-6-2/h19-20H,5-18H2,1-4H3. The monoisotopic (exact) mass is 434 g/mol. The van der Waals surface area contributed by atoms with Gasteiger partial charge in [-0.3, -0.25) is 9.59 Å². The van der Waals surface area contributed by atoms with Crippen LogP contribution in [-0.4, -0.2) is 35.7 Å². The fourth-order valence-corrected chi connectivity index (χ4v) is 4.46. The molecule has 0 aromatic rings. The van der Waals surface area contributed by atoms with Gasteiger partial charge in [0.1, 0.15) is 11.5 Å². The van der Waals surface area contributed by atoms with Gasteiger partial charge in [-0.2, -0.15) is 0 Å². The van der Waals surface area contributed by atoms with Crippen LogP contribution in [0.5, 0.6) is 0 Å². The molecule has 0 aliphatic rings. The van der Waals surface area contributed by atoms with Crippen molar-refractivity contribution in [3.05, 3.63) is 0 Å². The molecule has 0 aliphatic heterocycles. The van der Waals surface area contributed by atoms with Crippen LogP contribution >= 0.6 is 21.6 Å². The maximum atomic E-state index is 11.8. The van der Waals surface area contributed by atoms with E-state index in [1.165, 1.54) is 73.0 Å². The zero-order valence-electron chi connectivity index (χ0n) is 18.5. The highest BCUT2D eigenvalue weighted by atomic mass is 33.1. The Bertz CT molecular complexity index is 355. The molecule has 4 nitrogen and oxygen atoms in total. The van der Waals surface area contributed by atoms with Crippen LogP contribution < -0.4 is 0 Å². The molecule has 0 amide bonds. The number of esters is 2. The van der Waals surface area contributed by atoms with E-state index in [2.05, 4.69) is 13.8 Å². The Balaban J connectivity index is 3.60. The highest BCUT2D eigenvalue weighted by Gasteiger charge is 2.12. The maximum absolute atomic E-state index is 11.8. The van der Waals surface area contributed by atoms with Crippen molar-refractivity contribution >= 4 is 33.5 Å². The normalized spacial score (nSPS) is 13.1. The van der Waals surface area contributed by atoms with Gasteiger partial charge in [0.2, 0.25) is 0 Å². The summed E-state index contributed by atoms with van der Waals surface area (Å²) in [5.41, 5.74) is 0. The van der Waals surface area contributed by atoms with Gasteiger partial charge in [-0.25, -0.2) is 0 Å². The SMILES string of the molecule is CCCCCCCC(C)OC(=O)CSSCC(=O)OC(C)CCCCCCC. The van der Waals surface area contributed by atoms with E-state index >= 15 is 0 Å². The van der Waals surface area contributed by atoms with Crippen molar-refractivity contribution in [3.8, 4) is 0 Å². The van der Waals surface area contributed by atoms with E-state index in [-0.39, 0.29) is 35.7 Å². The highest BCUT2D eigenvalue weighted by Crippen LogP contribution is 2.22. The number of carbonyl (C=O) groups excluding carboxylic acids is 2. The molecule has 6 heteroatoms. The van der Waals surface area contributed by atoms with Crippen LogP contribution in [0.15, 0.2) is 0 Å². The molecule has 0 saturated carbocycles. The summed E-state index contributed by atoms with van der Waals surface area (Å²) in [6.45, 7) is 8.32. The van der Waals surface area contributed by atoms with Crippen LogP contribution in [0.3, 0.4) is 0 Å². The summed E-state index contributed by atoms with van der Waals surface area (Å²) in [5.74, 6) is 0.135. The van der Waals surface area contributed by atoms with Gasteiger partial charge < -0.3 is 9.47 Å². The van der Waals surface area contributed by atoms with Crippen LogP contribution in [0.25, 0.3) is 0 Å². The quantitative estimate of drug-likeness (QED) is 0.124. The second kappa shape index (κ2) is 19.9. The van der Waals surface area contributed by atoms with E-state index in [0.717, 1.165) is 25.7 Å². The smallest absolute Gasteiger partial charge is 0.317 e. The van der Waals surface area contributed by atoms with Gasteiger partial charge in [0.05, 0.1) is 12.2 Å². The summed E-state index contributed by atoms with van der Waals surface area (Å²) in [5, 5.41) is 0. The Kier molecular flexibility index (Phi) is 19.7. The van der Waals surface area contributed by atoms with Gasteiger partial charge in [-0.1, -0.05) is 86.8 Å². The van der Waals surface area contributed by atoms with E-state index in [4.69, 9.17) is 9.47 Å². The predicted molar refractivity (Wildman–Crippen MR) is 123 cm³/mol. The van der Waals surface area contributed by atoms with Gasteiger partial charge in [0.15, 0.2) is 0 Å². The van der Waals surface area contributed by atoms with Crippen LogP contribution in [0.4, 0.5) is 0 Å². The highest BCUT2D eigenvalue weighted by molar-refractivity contribution is 8.77. The number of hydrogen-bond donors (Lipinski definition) is 0. The van der Waals surface area contributed by atoms with Crippen molar-refractivity contribution < 1.29 is 19.1 Å². The van der Waals surface area contributed by atoms with Crippen LogP contribution in [-0.2, 0) is 19.1 Å². The fourth-order valence-electron chi connectivity index (χ4n) is 2.88. The third-order valence-electron chi connectivity index (χ3n) is 4.53. The lowest BCUT2D eigenvalue weighted by molar-refractivity contribution is -0.146. The van der Waals surface area contributed by atoms with Crippen LogP contribution in [0.1, 0.15) is 105 Å². The summed E-state index contributed by atoms with van der Waals surface area (Å²) in [7, 11) is 2.72. The number of ether oxygens (including phenoxy) is 2. The zero-order chi connectivity index (χ0) is 21.0. The molecule has 0 spiro atoms. The minimum absolute atomic E-state index is 0.0251. The van der Waals surface area contributed by atoms with Crippen molar-refractivity contribution in [3.63, 3.8) is 0 Å². The first-order chi connectivity index (χ1) is 13.5. The van der Waals surface area contributed by atoms with E-state index in [1.807, 2.05) is 13.8 Å². The fraction of sp³-hybridized carbons (Fsp3) is 0.909. The molecular formula is C22H42O4S2. The molecule has 2 unspecified atom stereocenters.